The van der Waals surface area contributed by atoms with Crippen molar-refractivity contribution in [1.82, 2.24) is 10.2 Å². The number of rotatable bonds is 1. The van der Waals surface area contributed by atoms with Crippen LogP contribution in [0.3, 0.4) is 0 Å². The highest BCUT2D eigenvalue weighted by molar-refractivity contribution is 6.52. The maximum absolute atomic E-state index is 11.7. The Labute approximate surface area is 90.5 Å². The van der Waals surface area contributed by atoms with Gasteiger partial charge in [0, 0.05) is 11.8 Å². The summed E-state index contributed by atoms with van der Waals surface area (Å²) in [6.07, 6.45) is 1.67. The number of aromatic nitrogens is 2. The number of Topliss-reactive ketones (excluding diaryl/α,β-unsaturated/α-hetero) is 1. The summed E-state index contributed by atoms with van der Waals surface area (Å²) in [5, 5.41) is 9.21. The van der Waals surface area contributed by atoms with Gasteiger partial charge in [-0.15, -0.1) is 0 Å². The van der Waals surface area contributed by atoms with Gasteiger partial charge < -0.3 is 5.32 Å². The van der Waals surface area contributed by atoms with Gasteiger partial charge in [0.1, 0.15) is 0 Å². The van der Waals surface area contributed by atoms with E-state index in [9.17, 15) is 9.59 Å². The van der Waals surface area contributed by atoms with E-state index < -0.39 is 11.7 Å². The summed E-state index contributed by atoms with van der Waals surface area (Å²) >= 11 is 0. The molecule has 1 amide bonds. The molecule has 0 atom stereocenters. The first-order chi connectivity index (χ1) is 7.77. The molecule has 0 unspecified atom stereocenters. The number of aromatic amines is 1. The van der Waals surface area contributed by atoms with Gasteiger partial charge >= 0.3 is 0 Å². The van der Waals surface area contributed by atoms with E-state index in [1.807, 2.05) is 0 Å². The van der Waals surface area contributed by atoms with Crippen molar-refractivity contribution >= 4 is 17.4 Å². The van der Waals surface area contributed by atoms with Crippen molar-refractivity contribution in [3.8, 4) is 11.3 Å². The molecule has 0 bridgehead atoms. The fourth-order valence-electron chi connectivity index (χ4n) is 1.82. The highest BCUT2D eigenvalue weighted by atomic mass is 16.2. The lowest BCUT2D eigenvalue weighted by Crippen LogP contribution is -2.12. The minimum absolute atomic E-state index is 0.402. The Morgan fingerprint density at radius 1 is 1.12 bits per heavy atom. The average molecular weight is 213 g/mol. The lowest BCUT2D eigenvalue weighted by atomic mass is 10.0. The Morgan fingerprint density at radius 2 is 2.00 bits per heavy atom. The Kier molecular flexibility index (Phi) is 1.67. The second-order valence-electron chi connectivity index (χ2n) is 3.47. The smallest absolute Gasteiger partial charge is 0.296 e. The Hall–Kier alpha value is -2.43. The first kappa shape index (κ1) is 8.84. The van der Waals surface area contributed by atoms with Crippen LogP contribution in [-0.2, 0) is 4.79 Å². The molecule has 16 heavy (non-hydrogen) atoms. The van der Waals surface area contributed by atoms with Crippen molar-refractivity contribution in [3.63, 3.8) is 0 Å². The van der Waals surface area contributed by atoms with Gasteiger partial charge in [-0.3, -0.25) is 14.7 Å². The number of carbonyl (C=O) groups is 2. The quantitative estimate of drug-likeness (QED) is 0.699. The van der Waals surface area contributed by atoms with E-state index in [0.717, 1.165) is 0 Å². The molecule has 3 rings (SSSR count). The second kappa shape index (κ2) is 3.03. The SMILES string of the molecule is O=C1Nc2cccc(-c3cc[nH]n3)c2C1=O. The molecule has 1 aliphatic heterocycles. The maximum atomic E-state index is 11.7. The molecule has 0 fully saturated rings. The Balaban J connectivity index is 2.27. The van der Waals surface area contributed by atoms with Gasteiger partial charge in [-0.2, -0.15) is 5.10 Å². The summed E-state index contributed by atoms with van der Waals surface area (Å²) in [6.45, 7) is 0. The van der Waals surface area contributed by atoms with Gasteiger partial charge in [0.05, 0.1) is 16.9 Å². The fourth-order valence-corrected chi connectivity index (χ4v) is 1.82. The van der Waals surface area contributed by atoms with Crippen LogP contribution in [-0.4, -0.2) is 21.9 Å². The lowest BCUT2D eigenvalue weighted by Gasteiger charge is -2.02. The molecule has 0 saturated carbocycles. The van der Waals surface area contributed by atoms with Crippen molar-refractivity contribution in [3.05, 3.63) is 36.0 Å². The summed E-state index contributed by atoms with van der Waals surface area (Å²) in [5.74, 6) is -1.09. The van der Waals surface area contributed by atoms with Gasteiger partial charge in [0.2, 0.25) is 0 Å². The Bertz CT molecular complexity index is 587. The zero-order valence-corrected chi connectivity index (χ0v) is 8.15. The van der Waals surface area contributed by atoms with Crippen LogP contribution in [0.4, 0.5) is 5.69 Å². The first-order valence-corrected chi connectivity index (χ1v) is 4.76. The van der Waals surface area contributed by atoms with Crippen molar-refractivity contribution in [2.24, 2.45) is 0 Å². The van der Waals surface area contributed by atoms with Crippen LogP contribution in [0.1, 0.15) is 10.4 Å². The molecule has 0 spiro atoms. The van der Waals surface area contributed by atoms with Crippen molar-refractivity contribution in [2.45, 2.75) is 0 Å². The van der Waals surface area contributed by atoms with Gasteiger partial charge in [-0.05, 0) is 12.1 Å². The Morgan fingerprint density at radius 3 is 2.75 bits per heavy atom. The minimum Gasteiger partial charge on any atom is -0.318 e. The van der Waals surface area contributed by atoms with E-state index in [-0.39, 0.29) is 0 Å². The zero-order valence-electron chi connectivity index (χ0n) is 8.15. The molecule has 0 saturated heterocycles. The third kappa shape index (κ3) is 1.08. The molecular weight excluding hydrogens is 206 g/mol. The van der Waals surface area contributed by atoms with E-state index in [0.29, 0.717) is 22.5 Å². The lowest BCUT2D eigenvalue weighted by molar-refractivity contribution is -0.112. The topological polar surface area (TPSA) is 74.8 Å². The predicted molar refractivity (Wildman–Crippen MR) is 57.0 cm³/mol. The van der Waals surface area contributed by atoms with Crippen molar-refractivity contribution < 1.29 is 9.59 Å². The van der Waals surface area contributed by atoms with Crippen molar-refractivity contribution in [2.75, 3.05) is 5.32 Å². The monoisotopic (exact) mass is 213 g/mol. The molecule has 0 radical (unpaired) electrons. The maximum Gasteiger partial charge on any atom is 0.296 e. The third-order valence-electron chi connectivity index (χ3n) is 2.52. The molecule has 5 heteroatoms. The number of carbonyl (C=O) groups excluding carboxylic acids is 2. The van der Waals surface area contributed by atoms with Gasteiger partial charge in [0.25, 0.3) is 11.7 Å². The average Bonchev–Trinajstić information content (AvgIpc) is 2.88. The van der Waals surface area contributed by atoms with E-state index in [1.165, 1.54) is 0 Å². The molecule has 1 aromatic heterocycles. The van der Waals surface area contributed by atoms with Crippen LogP contribution in [0.2, 0.25) is 0 Å². The number of H-pyrrole nitrogens is 1. The number of hydrogen-bond donors (Lipinski definition) is 2. The van der Waals surface area contributed by atoms with Crippen molar-refractivity contribution in [1.29, 1.82) is 0 Å². The number of ketones is 1. The van der Waals surface area contributed by atoms with Crippen LogP contribution in [0.15, 0.2) is 30.5 Å². The van der Waals surface area contributed by atoms with Crippen LogP contribution >= 0.6 is 0 Å². The zero-order chi connectivity index (χ0) is 11.1. The standard InChI is InChI=1S/C11H7N3O2/c15-10-9-6(7-4-5-12-14-7)2-1-3-8(9)13-11(10)16/h1-5H,(H,12,14)(H,13,15,16). The highest BCUT2D eigenvalue weighted by Crippen LogP contribution is 2.31. The molecule has 2 N–H and O–H groups in total. The normalized spacial score (nSPS) is 13.8. The van der Waals surface area contributed by atoms with E-state index in [4.69, 9.17) is 0 Å². The first-order valence-electron chi connectivity index (χ1n) is 4.76. The molecule has 78 valence electrons. The van der Waals surface area contributed by atoms with Crippen LogP contribution in [0, 0.1) is 0 Å². The number of amides is 1. The summed E-state index contributed by atoms with van der Waals surface area (Å²) in [7, 11) is 0. The number of hydrogen-bond acceptors (Lipinski definition) is 3. The number of nitrogens with one attached hydrogen (secondary N) is 2. The van der Waals surface area contributed by atoms with E-state index >= 15 is 0 Å². The molecule has 1 aliphatic rings. The molecule has 0 aliphatic carbocycles. The summed E-state index contributed by atoms with van der Waals surface area (Å²) < 4.78 is 0. The van der Waals surface area contributed by atoms with E-state index in [1.54, 1.807) is 30.5 Å². The predicted octanol–water partition coefficient (Wildman–Crippen LogP) is 1.21. The van der Waals surface area contributed by atoms with Crippen LogP contribution < -0.4 is 5.32 Å². The number of fused-ring (bicyclic) bond motifs is 1. The molecule has 1 aromatic carbocycles. The summed E-state index contributed by atoms with van der Waals surface area (Å²) in [6, 6.07) is 7.01. The highest BCUT2D eigenvalue weighted by Gasteiger charge is 2.31. The number of anilines is 1. The molecule has 2 aromatic rings. The largest absolute Gasteiger partial charge is 0.318 e. The van der Waals surface area contributed by atoms with Crippen LogP contribution in [0.25, 0.3) is 11.3 Å². The van der Waals surface area contributed by atoms with Crippen LogP contribution in [0.5, 0.6) is 0 Å². The molecule has 2 heterocycles. The van der Waals surface area contributed by atoms with Gasteiger partial charge in [-0.25, -0.2) is 0 Å². The molecular formula is C11H7N3O2. The van der Waals surface area contributed by atoms with Gasteiger partial charge in [-0.1, -0.05) is 12.1 Å². The molecule has 5 nitrogen and oxygen atoms in total. The summed E-state index contributed by atoms with van der Waals surface area (Å²) in [5.41, 5.74) is 2.28. The fraction of sp³-hybridized carbons (Fsp3) is 0. The number of nitrogens with zero attached hydrogens (tertiary/aromatic N) is 1. The van der Waals surface area contributed by atoms with Gasteiger partial charge in [0.15, 0.2) is 0 Å². The summed E-state index contributed by atoms with van der Waals surface area (Å²) in [4.78, 5) is 22.9. The second-order valence-corrected chi connectivity index (χ2v) is 3.47. The number of benzene rings is 1. The third-order valence-corrected chi connectivity index (χ3v) is 2.52. The van der Waals surface area contributed by atoms with E-state index in [2.05, 4.69) is 15.5 Å². The minimum atomic E-state index is -0.585.